The van der Waals surface area contributed by atoms with Crippen molar-refractivity contribution in [3.63, 3.8) is 0 Å². The van der Waals surface area contributed by atoms with E-state index in [-0.39, 0.29) is 33.9 Å². The number of halogens is 2. The molecule has 1 aliphatic rings. The molecule has 0 radical (unpaired) electrons. The van der Waals surface area contributed by atoms with Gasteiger partial charge in [0, 0.05) is 37.7 Å². The maximum absolute atomic E-state index is 13.4. The summed E-state index contributed by atoms with van der Waals surface area (Å²) in [6.07, 6.45) is 0. The van der Waals surface area contributed by atoms with Crippen LogP contribution in [0.4, 0.5) is 0 Å². The number of carbonyl (C=O) groups excluding carboxylic acids is 1. The maximum atomic E-state index is 13.4. The first kappa shape index (κ1) is 23.0. The lowest BCUT2D eigenvalue weighted by molar-refractivity contribution is -0.133. The second-order valence-electron chi connectivity index (χ2n) is 7.15. The Morgan fingerprint density at radius 1 is 1.03 bits per heavy atom. The van der Waals surface area contributed by atoms with Crippen LogP contribution >= 0.6 is 23.2 Å². The molecule has 6 nitrogen and oxygen atoms in total. The van der Waals surface area contributed by atoms with Gasteiger partial charge in [0.2, 0.25) is 15.9 Å². The van der Waals surface area contributed by atoms with E-state index in [1.807, 2.05) is 30.3 Å². The molecule has 0 N–H and O–H groups in total. The molecule has 0 unspecified atom stereocenters. The predicted molar refractivity (Wildman–Crippen MR) is 119 cm³/mol. The number of rotatable bonds is 7. The molecule has 1 aliphatic heterocycles. The molecule has 0 aromatic heterocycles. The van der Waals surface area contributed by atoms with Crippen LogP contribution < -0.4 is 0 Å². The standard InChI is InChI=1S/C21H25Cl2N3O3S/c1-2-24-10-12-25(13-11-24)21(27)16-26(15-17-6-4-3-5-7-17)30(28,29)20-14-18(22)8-9-19(20)23/h3-9,14H,2,10-13,15-16H2,1H3. The first-order valence-electron chi connectivity index (χ1n) is 9.80. The van der Waals surface area contributed by atoms with Gasteiger partial charge in [-0.05, 0) is 30.3 Å². The van der Waals surface area contributed by atoms with Crippen LogP contribution in [-0.2, 0) is 21.4 Å². The van der Waals surface area contributed by atoms with Gasteiger partial charge >= 0.3 is 0 Å². The lowest BCUT2D eigenvalue weighted by atomic mass is 10.2. The van der Waals surface area contributed by atoms with Gasteiger partial charge < -0.3 is 9.80 Å². The van der Waals surface area contributed by atoms with Gasteiger partial charge in [-0.1, -0.05) is 60.5 Å². The summed E-state index contributed by atoms with van der Waals surface area (Å²) in [6.45, 7) is 5.57. The minimum Gasteiger partial charge on any atom is -0.339 e. The zero-order chi connectivity index (χ0) is 21.7. The van der Waals surface area contributed by atoms with Crippen molar-refractivity contribution in [2.24, 2.45) is 0 Å². The van der Waals surface area contributed by atoms with Crippen molar-refractivity contribution in [3.8, 4) is 0 Å². The van der Waals surface area contributed by atoms with Gasteiger partial charge in [0.05, 0.1) is 11.6 Å². The number of hydrogen-bond donors (Lipinski definition) is 0. The fourth-order valence-corrected chi connectivity index (χ4v) is 5.51. The average Bonchev–Trinajstić information content (AvgIpc) is 2.75. The van der Waals surface area contributed by atoms with Crippen LogP contribution in [0.3, 0.4) is 0 Å². The second-order valence-corrected chi connectivity index (χ2v) is 9.90. The summed E-state index contributed by atoms with van der Waals surface area (Å²) in [4.78, 5) is 16.8. The van der Waals surface area contributed by atoms with Gasteiger partial charge in [0.1, 0.15) is 4.90 Å². The Balaban J connectivity index is 1.87. The van der Waals surface area contributed by atoms with Crippen LogP contribution in [0.5, 0.6) is 0 Å². The van der Waals surface area contributed by atoms with Gasteiger partial charge in [-0.15, -0.1) is 0 Å². The van der Waals surface area contributed by atoms with Crippen molar-refractivity contribution in [1.82, 2.24) is 14.1 Å². The van der Waals surface area contributed by atoms with Gasteiger partial charge in [0.15, 0.2) is 0 Å². The summed E-state index contributed by atoms with van der Waals surface area (Å²) < 4.78 is 28.0. The molecule has 0 bridgehead atoms. The third-order valence-electron chi connectivity index (χ3n) is 5.20. The van der Waals surface area contributed by atoms with Crippen LogP contribution in [0.15, 0.2) is 53.4 Å². The molecule has 0 spiro atoms. The minimum atomic E-state index is -4.04. The highest BCUT2D eigenvalue weighted by Crippen LogP contribution is 2.28. The second kappa shape index (κ2) is 10.1. The van der Waals surface area contributed by atoms with Crippen LogP contribution in [0.2, 0.25) is 10.0 Å². The molecule has 0 atom stereocenters. The summed E-state index contributed by atoms with van der Waals surface area (Å²) in [6, 6.07) is 13.5. The molecule has 2 aromatic rings. The number of nitrogens with zero attached hydrogens (tertiary/aromatic N) is 3. The summed E-state index contributed by atoms with van der Waals surface area (Å²) in [5.41, 5.74) is 0.780. The number of amides is 1. The molecule has 1 amide bonds. The topological polar surface area (TPSA) is 60.9 Å². The fraction of sp³-hybridized carbons (Fsp3) is 0.381. The molecule has 1 fully saturated rings. The van der Waals surface area contributed by atoms with Gasteiger partial charge in [-0.3, -0.25) is 4.79 Å². The van der Waals surface area contributed by atoms with Crippen LogP contribution in [-0.4, -0.2) is 67.7 Å². The highest BCUT2D eigenvalue weighted by atomic mass is 35.5. The molecular weight excluding hydrogens is 445 g/mol. The predicted octanol–water partition coefficient (Wildman–Crippen LogP) is 3.35. The normalized spacial score (nSPS) is 15.5. The van der Waals surface area contributed by atoms with Gasteiger partial charge in [0.25, 0.3) is 0 Å². The summed E-state index contributed by atoms with van der Waals surface area (Å²) in [5, 5.41) is 0.334. The van der Waals surface area contributed by atoms with E-state index < -0.39 is 10.0 Å². The Labute approximate surface area is 188 Å². The number of carbonyl (C=O) groups is 1. The van der Waals surface area contributed by atoms with Crippen molar-refractivity contribution >= 4 is 39.1 Å². The minimum absolute atomic E-state index is 0.0622. The highest BCUT2D eigenvalue weighted by Gasteiger charge is 2.31. The molecule has 2 aromatic carbocycles. The Bertz CT molecular complexity index is 978. The molecule has 162 valence electrons. The van der Waals surface area contributed by atoms with E-state index in [4.69, 9.17) is 23.2 Å². The maximum Gasteiger partial charge on any atom is 0.245 e. The van der Waals surface area contributed by atoms with Crippen molar-refractivity contribution in [3.05, 3.63) is 64.1 Å². The third-order valence-corrected chi connectivity index (χ3v) is 7.71. The average molecular weight is 470 g/mol. The first-order valence-corrected chi connectivity index (χ1v) is 12.0. The van der Waals surface area contributed by atoms with E-state index >= 15 is 0 Å². The van der Waals surface area contributed by atoms with Gasteiger partial charge in [-0.2, -0.15) is 4.31 Å². The monoisotopic (exact) mass is 469 g/mol. The Morgan fingerprint density at radius 2 is 1.70 bits per heavy atom. The van der Waals surface area contributed by atoms with Gasteiger partial charge in [-0.25, -0.2) is 8.42 Å². The van der Waals surface area contributed by atoms with E-state index in [0.29, 0.717) is 13.1 Å². The summed E-state index contributed by atoms with van der Waals surface area (Å²) in [5.74, 6) is -0.219. The number of hydrogen-bond acceptors (Lipinski definition) is 4. The highest BCUT2D eigenvalue weighted by molar-refractivity contribution is 7.89. The van der Waals surface area contributed by atoms with Crippen LogP contribution in [0.25, 0.3) is 0 Å². The molecule has 3 rings (SSSR count). The summed E-state index contributed by atoms with van der Waals surface area (Å²) >= 11 is 12.2. The smallest absolute Gasteiger partial charge is 0.245 e. The molecule has 9 heteroatoms. The molecule has 1 saturated heterocycles. The SMILES string of the molecule is CCN1CCN(C(=O)CN(Cc2ccccc2)S(=O)(=O)c2cc(Cl)ccc2Cl)CC1. The Hall–Kier alpha value is -1.64. The molecule has 1 heterocycles. The van der Waals surface area contributed by atoms with E-state index in [1.165, 1.54) is 22.5 Å². The Morgan fingerprint density at radius 3 is 2.33 bits per heavy atom. The molecule has 0 saturated carbocycles. The lowest BCUT2D eigenvalue weighted by Gasteiger charge is -2.35. The number of sulfonamides is 1. The van der Waals surface area contributed by atoms with E-state index in [2.05, 4.69) is 11.8 Å². The van der Waals surface area contributed by atoms with E-state index in [0.717, 1.165) is 25.2 Å². The number of piperazine rings is 1. The number of likely N-dealkylation sites (N-methyl/N-ethyl adjacent to an activating group) is 1. The lowest BCUT2D eigenvalue weighted by Crippen LogP contribution is -2.51. The molecule has 30 heavy (non-hydrogen) atoms. The quantitative estimate of drug-likeness (QED) is 0.623. The zero-order valence-corrected chi connectivity index (χ0v) is 19.1. The fourth-order valence-electron chi connectivity index (χ4n) is 3.39. The van der Waals surface area contributed by atoms with Crippen molar-refractivity contribution in [2.75, 3.05) is 39.3 Å². The van der Waals surface area contributed by atoms with Crippen molar-refractivity contribution in [1.29, 1.82) is 0 Å². The van der Waals surface area contributed by atoms with E-state index in [1.54, 1.807) is 4.90 Å². The van der Waals surface area contributed by atoms with Crippen molar-refractivity contribution < 1.29 is 13.2 Å². The zero-order valence-electron chi connectivity index (χ0n) is 16.8. The molecule has 0 aliphatic carbocycles. The third kappa shape index (κ3) is 5.53. The van der Waals surface area contributed by atoms with Crippen LogP contribution in [0.1, 0.15) is 12.5 Å². The van der Waals surface area contributed by atoms with Crippen LogP contribution in [0, 0.1) is 0 Å². The van der Waals surface area contributed by atoms with E-state index in [9.17, 15) is 13.2 Å². The number of benzene rings is 2. The summed E-state index contributed by atoms with van der Waals surface area (Å²) in [7, 11) is -4.04. The molecular formula is C21H25Cl2N3O3S. The largest absolute Gasteiger partial charge is 0.339 e. The van der Waals surface area contributed by atoms with Crippen molar-refractivity contribution in [2.45, 2.75) is 18.4 Å². The first-order chi connectivity index (χ1) is 14.3. The Kier molecular flexibility index (Phi) is 7.76.